The van der Waals surface area contributed by atoms with Crippen LogP contribution < -0.4 is 10.6 Å². The maximum atomic E-state index is 11.7. The van der Waals surface area contributed by atoms with Gasteiger partial charge in [-0.1, -0.05) is 0 Å². The SMILES string of the molecule is COC(=O)c1ccc(N2CCN3C(=O)CCC3C2)c(N)c1. The van der Waals surface area contributed by atoms with Crippen molar-refractivity contribution in [1.29, 1.82) is 0 Å². The van der Waals surface area contributed by atoms with Crippen LogP contribution in [0, 0.1) is 0 Å². The number of carbonyl (C=O) groups excluding carboxylic acids is 2. The molecule has 2 fully saturated rings. The molecule has 3 rings (SSSR count). The average molecular weight is 289 g/mol. The molecule has 0 spiro atoms. The van der Waals surface area contributed by atoms with Gasteiger partial charge in [-0.15, -0.1) is 0 Å². The maximum absolute atomic E-state index is 11.7. The number of benzene rings is 1. The number of hydrogen-bond donors (Lipinski definition) is 1. The lowest BCUT2D eigenvalue weighted by atomic mass is 10.1. The van der Waals surface area contributed by atoms with Crippen LogP contribution in [0.25, 0.3) is 0 Å². The molecule has 1 unspecified atom stereocenters. The van der Waals surface area contributed by atoms with Gasteiger partial charge >= 0.3 is 5.97 Å². The highest BCUT2D eigenvalue weighted by atomic mass is 16.5. The number of nitrogen functional groups attached to an aromatic ring is 1. The van der Waals surface area contributed by atoms with Crippen LogP contribution in [-0.4, -0.2) is 49.6 Å². The van der Waals surface area contributed by atoms with Crippen molar-refractivity contribution >= 4 is 23.3 Å². The van der Waals surface area contributed by atoms with E-state index in [0.29, 0.717) is 17.7 Å². The zero-order valence-electron chi connectivity index (χ0n) is 12.0. The first-order valence-electron chi connectivity index (χ1n) is 7.12. The fourth-order valence-corrected chi connectivity index (χ4v) is 3.17. The van der Waals surface area contributed by atoms with E-state index in [1.165, 1.54) is 7.11 Å². The Morgan fingerprint density at radius 1 is 1.38 bits per heavy atom. The number of carbonyl (C=O) groups is 2. The van der Waals surface area contributed by atoms with Crippen molar-refractivity contribution in [2.45, 2.75) is 18.9 Å². The third kappa shape index (κ3) is 2.41. The third-order valence-corrected chi connectivity index (χ3v) is 4.28. The van der Waals surface area contributed by atoms with Gasteiger partial charge < -0.3 is 20.3 Å². The van der Waals surface area contributed by atoms with E-state index in [4.69, 9.17) is 10.5 Å². The quantitative estimate of drug-likeness (QED) is 0.646. The smallest absolute Gasteiger partial charge is 0.337 e. The van der Waals surface area contributed by atoms with Gasteiger partial charge in [-0.25, -0.2) is 4.79 Å². The van der Waals surface area contributed by atoms with E-state index in [2.05, 4.69) is 4.90 Å². The van der Waals surface area contributed by atoms with Crippen LogP contribution >= 0.6 is 0 Å². The number of nitrogens with two attached hydrogens (primary N) is 1. The summed E-state index contributed by atoms with van der Waals surface area (Å²) >= 11 is 0. The van der Waals surface area contributed by atoms with Crippen LogP contribution in [0.3, 0.4) is 0 Å². The van der Waals surface area contributed by atoms with Crippen LogP contribution in [0.4, 0.5) is 11.4 Å². The van der Waals surface area contributed by atoms with E-state index < -0.39 is 0 Å². The van der Waals surface area contributed by atoms with Gasteiger partial charge in [0.05, 0.1) is 24.0 Å². The van der Waals surface area contributed by atoms with Crippen LogP contribution in [-0.2, 0) is 9.53 Å². The molecular formula is C15H19N3O3. The monoisotopic (exact) mass is 289 g/mol. The Balaban J connectivity index is 1.78. The Labute approximate surface area is 123 Å². The Kier molecular flexibility index (Phi) is 3.45. The lowest BCUT2D eigenvalue weighted by molar-refractivity contribution is -0.129. The molecule has 2 N–H and O–H groups in total. The van der Waals surface area contributed by atoms with Gasteiger partial charge in [0, 0.05) is 32.1 Å². The highest BCUT2D eigenvalue weighted by Crippen LogP contribution is 2.30. The van der Waals surface area contributed by atoms with Crippen LogP contribution in [0.1, 0.15) is 23.2 Å². The van der Waals surface area contributed by atoms with Crippen molar-refractivity contribution < 1.29 is 14.3 Å². The minimum Gasteiger partial charge on any atom is -0.465 e. The fourth-order valence-electron chi connectivity index (χ4n) is 3.17. The predicted molar refractivity (Wildman–Crippen MR) is 79.1 cm³/mol. The normalized spacial score (nSPS) is 21.4. The fraction of sp³-hybridized carbons (Fsp3) is 0.467. The molecule has 2 aliphatic heterocycles. The highest BCUT2D eigenvalue weighted by molar-refractivity contribution is 5.92. The molecule has 1 atom stereocenters. The van der Waals surface area contributed by atoms with Crippen molar-refractivity contribution in [3.63, 3.8) is 0 Å². The van der Waals surface area contributed by atoms with E-state index >= 15 is 0 Å². The largest absolute Gasteiger partial charge is 0.465 e. The van der Waals surface area contributed by atoms with Crippen molar-refractivity contribution in [2.24, 2.45) is 0 Å². The average Bonchev–Trinajstić information content (AvgIpc) is 2.87. The van der Waals surface area contributed by atoms with Crippen molar-refractivity contribution in [3.8, 4) is 0 Å². The molecule has 1 aromatic carbocycles. The van der Waals surface area contributed by atoms with Crippen LogP contribution in [0.2, 0.25) is 0 Å². The van der Waals surface area contributed by atoms with Crippen molar-refractivity contribution in [2.75, 3.05) is 37.4 Å². The van der Waals surface area contributed by atoms with Gasteiger partial charge in [0.1, 0.15) is 0 Å². The minimum atomic E-state index is -0.389. The molecule has 6 nitrogen and oxygen atoms in total. The summed E-state index contributed by atoms with van der Waals surface area (Å²) in [6.45, 7) is 2.30. The standard InChI is InChI=1S/C15H19N3O3/c1-21-15(20)10-2-4-13(12(16)8-10)17-6-7-18-11(9-17)3-5-14(18)19/h2,4,8,11H,3,5-7,9,16H2,1H3. The first-order chi connectivity index (χ1) is 10.1. The maximum Gasteiger partial charge on any atom is 0.337 e. The molecule has 2 heterocycles. The summed E-state index contributed by atoms with van der Waals surface area (Å²) in [5.41, 5.74) is 8.02. The molecule has 1 aromatic rings. The molecule has 21 heavy (non-hydrogen) atoms. The minimum absolute atomic E-state index is 0.258. The predicted octanol–water partition coefficient (Wildman–Crippen LogP) is 0.866. The zero-order chi connectivity index (χ0) is 15.0. The summed E-state index contributed by atoms with van der Waals surface area (Å²) in [7, 11) is 1.35. The zero-order valence-corrected chi connectivity index (χ0v) is 12.0. The van der Waals surface area contributed by atoms with E-state index in [9.17, 15) is 9.59 Å². The topological polar surface area (TPSA) is 75.9 Å². The summed E-state index contributed by atoms with van der Waals surface area (Å²) in [4.78, 5) is 27.4. The number of fused-ring (bicyclic) bond motifs is 1. The summed E-state index contributed by atoms with van der Waals surface area (Å²) in [6, 6.07) is 5.51. The van der Waals surface area contributed by atoms with E-state index in [0.717, 1.165) is 31.7 Å². The Hall–Kier alpha value is -2.24. The number of hydrogen-bond acceptors (Lipinski definition) is 5. The van der Waals surface area contributed by atoms with Crippen molar-refractivity contribution in [1.82, 2.24) is 4.90 Å². The Bertz CT molecular complexity index is 588. The second-order valence-corrected chi connectivity index (χ2v) is 5.49. The first kappa shape index (κ1) is 13.7. The molecule has 0 aliphatic carbocycles. The number of anilines is 2. The number of methoxy groups -OCH3 is 1. The first-order valence-corrected chi connectivity index (χ1v) is 7.12. The molecule has 6 heteroatoms. The molecule has 2 aliphatic rings. The molecule has 1 amide bonds. The van der Waals surface area contributed by atoms with Gasteiger partial charge in [0.15, 0.2) is 0 Å². The van der Waals surface area contributed by atoms with Gasteiger partial charge in [0.25, 0.3) is 0 Å². The number of esters is 1. The Morgan fingerprint density at radius 3 is 2.90 bits per heavy atom. The molecule has 0 saturated carbocycles. The number of rotatable bonds is 2. The third-order valence-electron chi connectivity index (χ3n) is 4.28. The number of piperazine rings is 1. The number of amides is 1. The molecule has 0 radical (unpaired) electrons. The summed E-state index contributed by atoms with van der Waals surface area (Å²) in [5, 5.41) is 0. The Morgan fingerprint density at radius 2 is 2.19 bits per heavy atom. The highest BCUT2D eigenvalue weighted by Gasteiger charge is 2.35. The van der Waals surface area contributed by atoms with Gasteiger partial charge in [-0.3, -0.25) is 4.79 Å². The van der Waals surface area contributed by atoms with Crippen LogP contribution in [0.15, 0.2) is 18.2 Å². The summed E-state index contributed by atoms with van der Waals surface area (Å²) in [5.74, 6) is -0.131. The molecule has 112 valence electrons. The van der Waals surface area contributed by atoms with Gasteiger partial charge in [0.2, 0.25) is 5.91 Å². The molecule has 0 bridgehead atoms. The lowest BCUT2D eigenvalue weighted by Gasteiger charge is -2.39. The number of nitrogens with zero attached hydrogens (tertiary/aromatic N) is 2. The number of ether oxygens (including phenoxy) is 1. The second kappa shape index (κ2) is 5.27. The second-order valence-electron chi connectivity index (χ2n) is 5.49. The molecular weight excluding hydrogens is 270 g/mol. The van der Waals surface area contributed by atoms with E-state index in [-0.39, 0.29) is 17.9 Å². The van der Waals surface area contributed by atoms with Gasteiger partial charge in [-0.05, 0) is 24.6 Å². The van der Waals surface area contributed by atoms with Crippen molar-refractivity contribution in [3.05, 3.63) is 23.8 Å². The van der Waals surface area contributed by atoms with Crippen LogP contribution in [0.5, 0.6) is 0 Å². The van der Waals surface area contributed by atoms with E-state index in [1.54, 1.807) is 12.1 Å². The summed E-state index contributed by atoms with van der Waals surface area (Å²) < 4.78 is 4.69. The lowest BCUT2D eigenvalue weighted by Crippen LogP contribution is -2.51. The summed E-state index contributed by atoms with van der Waals surface area (Å²) in [6.07, 6.45) is 1.56. The molecule has 0 aromatic heterocycles. The van der Waals surface area contributed by atoms with E-state index in [1.807, 2.05) is 11.0 Å². The van der Waals surface area contributed by atoms with Gasteiger partial charge in [-0.2, -0.15) is 0 Å². The molecule has 2 saturated heterocycles.